The quantitative estimate of drug-likeness (QED) is 0.860. The molecule has 0 aliphatic rings. The van der Waals surface area contributed by atoms with Crippen molar-refractivity contribution >= 4 is 11.4 Å². The van der Waals surface area contributed by atoms with Crippen LogP contribution < -0.4 is 10.1 Å². The number of methoxy groups -OCH3 is 1. The fourth-order valence-electron chi connectivity index (χ4n) is 2.14. The van der Waals surface area contributed by atoms with Gasteiger partial charge in [-0.1, -0.05) is 6.07 Å². The van der Waals surface area contributed by atoms with Crippen LogP contribution in [0.25, 0.3) is 0 Å². The van der Waals surface area contributed by atoms with Crippen LogP contribution in [0.5, 0.6) is 5.75 Å². The molecule has 2 aromatic rings. The van der Waals surface area contributed by atoms with Crippen molar-refractivity contribution in [3.8, 4) is 5.75 Å². The Hall–Kier alpha value is -1.96. The van der Waals surface area contributed by atoms with Gasteiger partial charge in [0.05, 0.1) is 7.11 Å². The van der Waals surface area contributed by atoms with Gasteiger partial charge >= 0.3 is 0 Å². The molecule has 0 fully saturated rings. The summed E-state index contributed by atoms with van der Waals surface area (Å²) in [6, 6.07) is 10.5. The molecule has 0 bridgehead atoms. The largest absolute Gasteiger partial charge is 0.497 e. The maximum Gasteiger partial charge on any atom is 0.119 e. The maximum absolute atomic E-state index is 5.23. The summed E-state index contributed by atoms with van der Waals surface area (Å²) in [6.45, 7) is 8.50. The van der Waals surface area contributed by atoms with Crippen molar-refractivity contribution in [1.82, 2.24) is 0 Å². The molecule has 0 radical (unpaired) electrons. The van der Waals surface area contributed by atoms with Crippen LogP contribution in [0.4, 0.5) is 11.4 Å². The molecule has 1 N–H and O–H groups in total. The van der Waals surface area contributed by atoms with Crippen LogP contribution >= 0.6 is 0 Å². The number of anilines is 2. The Morgan fingerprint density at radius 1 is 0.737 bits per heavy atom. The van der Waals surface area contributed by atoms with Crippen LogP contribution in [0, 0.1) is 27.7 Å². The van der Waals surface area contributed by atoms with E-state index in [1.807, 2.05) is 12.1 Å². The first-order valence-corrected chi connectivity index (χ1v) is 6.51. The number of aryl methyl sites for hydroxylation is 4. The van der Waals surface area contributed by atoms with E-state index >= 15 is 0 Å². The van der Waals surface area contributed by atoms with Crippen LogP contribution in [-0.2, 0) is 0 Å². The topological polar surface area (TPSA) is 21.3 Å². The van der Waals surface area contributed by atoms with E-state index in [9.17, 15) is 0 Å². The lowest BCUT2D eigenvalue weighted by Gasteiger charge is -2.15. The Bertz CT molecular complexity index is 602. The van der Waals surface area contributed by atoms with Gasteiger partial charge in [-0.05, 0) is 74.2 Å². The van der Waals surface area contributed by atoms with Gasteiger partial charge in [0.2, 0.25) is 0 Å². The second kappa shape index (κ2) is 5.35. The molecule has 2 nitrogen and oxygen atoms in total. The van der Waals surface area contributed by atoms with Crippen LogP contribution in [-0.4, -0.2) is 7.11 Å². The number of hydrogen-bond donors (Lipinski definition) is 1. The zero-order valence-electron chi connectivity index (χ0n) is 12.3. The van der Waals surface area contributed by atoms with Crippen LogP contribution in [0.2, 0.25) is 0 Å². The fraction of sp³-hybridized carbons (Fsp3) is 0.294. The second-order valence-corrected chi connectivity index (χ2v) is 5.06. The lowest BCUT2D eigenvalue weighted by molar-refractivity contribution is 0.414. The normalized spacial score (nSPS) is 10.4. The molecule has 19 heavy (non-hydrogen) atoms. The predicted molar refractivity (Wildman–Crippen MR) is 81.7 cm³/mol. The Balaban J connectivity index is 2.33. The van der Waals surface area contributed by atoms with E-state index in [2.05, 4.69) is 51.2 Å². The first-order valence-electron chi connectivity index (χ1n) is 6.51. The van der Waals surface area contributed by atoms with E-state index in [-0.39, 0.29) is 0 Å². The number of hydrogen-bond acceptors (Lipinski definition) is 2. The smallest absolute Gasteiger partial charge is 0.119 e. The molecule has 0 amide bonds. The summed E-state index contributed by atoms with van der Waals surface area (Å²) in [7, 11) is 1.69. The summed E-state index contributed by atoms with van der Waals surface area (Å²) in [5.74, 6) is 0.889. The molecule has 0 aliphatic heterocycles. The van der Waals surface area contributed by atoms with E-state index in [4.69, 9.17) is 4.74 Å². The van der Waals surface area contributed by atoms with Crippen molar-refractivity contribution in [2.45, 2.75) is 27.7 Å². The van der Waals surface area contributed by atoms with Crippen molar-refractivity contribution in [2.24, 2.45) is 0 Å². The monoisotopic (exact) mass is 255 g/mol. The Morgan fingerprint density at radius 2 is 1.37 bits per heavy atom. The average molecular weight is 255 g/mol. The van der Waals surface area contributed by atoms with E-state index in [1.54, 1.807) is 7.11 Å². The van der Waals surface area contributed by atoms with Gasteiger partial charge in [-0.15, -0.1) is 0 Å². The van der Waals surface area contributed by atoms with Gasteiger partial charge in [-0.3, -0.25) is 0 Å². The Kier molecular flexibility index (Phi) is 3.79. The molecule has 0 saturated heterocycles. The Labute approximate surface area is 115 Å². The van der Waals surface area contributed by atoms with E-state index in [1.165, 1.54) is 22.3 Å². The molecule has 0 atom stereocenters. The third-order valence-corrected chi connectivity index (χ3v) is 3.54. The second-order valence-electron chi connectivity index (χ2n) is 5.06. The molecule has 0 aliphatic carbocycles. The van der Waals surface area contributed by atoms with Gasteiger partial charge in [0.15, 0.2) is 0 Å². The minimum atomic E-state index is 0.889. The third-order valence-electron chi connectivity index (χ3n) is 3.54. The molecule has 0 unspecified atom stereocenters. The molecule has 2 heteroatoms. The van der Waals surface area contributed by atoms with E-state index < -0.39 is 0 Å². The zero-order valence-corrected chi connectivity index (χ0v) is 12.3. The lowest BCUT2D eigenvalue weighted by Crippen LogP contribution is -1.97. The number of ether oxygens (including phenoxy) is 1. The summed E-state index contributed by atoms with van der Waals surface area (Å²) in [6.07, 6.45) is 0. The average Bonchev–Trinajstić information content (AvgIpc) is 2.38. The molecule has 0 spiro atoms. The van der Waals surface area contributed by atoms with Crippen molar-refractivity contribution < 1.29 is 4.74 Å². The minimum Gasteiger partial charge on any atom is -0.497 e. The summed E-state index contributed by atoms with van der Waals surface area (Å²) in [5.41, 5.74) is 7.35. The highest BCUT2D eigenvalue weighted by Gasteiger charge is 2.05. The fourth-order valence-corrected chi connectivity index (χ4v) is 2.14. The standard InChI is InChI=1S/C17H21NO/c1-11-8-13(3)17(10-12(11)2)18-16-7-6-15(19-5)9-14(16)4/h6-10,18H,1-5H3. The Morgan fingerprint density at radius 3 is 2.00 bits per heavy atom. The highest BCUT2D eigenvalue weighted by atomic mass is 16.5. The highest BCUT2D eigenvalue weighted by Crippen LogP contribution is 2.27. The molecular weight excluding hydrogens is 234 g/mol. The summed E-state index contributed by atoms with van der Waals surface area (Å²) in [5, 5.41) is 3.50. The van der Waals surface area contributed by atoms with Gasteiger partial charge in [-0.25, -0.2) is 0 Å². The highest BCUT2D eigenvalue weighted by molar-refractivity contribution is 5.67. The molecular formula is C17H21NO. The minimum absolute atomic E-state index is 0.889. The molecule has 0 aromatic heterocycles. The lowest BCUT2D eigenvalue weighted by atomic mass is 10.0. The molecule has 2 aromatic carbocycles. The maximum atomic E-state index is 5.23. The molecule has 100 valence electrons. The van der Waals surface area contributed by atoms with Crippen molar-refractivity contribution in [3.63, 3.8) is 0 Å². The van der Waals surface area contributed by atoms with Gasteiger partial charge in [0, 0.05) is 11.4 Å². The van der Waals surface area contributed by atoms with Gasteiger partial charge in [0.25, 0.3) is 0 Å². The number of nitrogens with one attached hydrogen (secondary N) is 1. The molecule has 0 heterocycles. The zero-order chi connectivity index (χ0) is 14.0. The summed E-state index contributed by atoms with van der Waals surface area (Å²) < 4.78 is 5.23. The van der Waals surface area contributed by atoms with E-state index in [0.29, 0.717) is 0 Å². The summed E-state index contributed by atoms with van der Waals surface area (Å²) in [4.78, 5) is 0. The van der Waals surface area contributed by atoms with Crippen LogP contribution in [0.15, 0.2) is 30.3 Å². The van der Waals surface area contributed by atoms with Crippen LogP contribution in [0.1, 0.15) is 22.3 Å². The van der Waals surface area contributed by atoms with Crippen LogP contribution in [0.3, 0.4) is 0 Å². The third kappa shape index (κ3) is 2.90. The number of rotatable bonds is 3. The van der Waals surface area contributed by atoms with Crippen molar-refractivity contribution in [3.05, 3.63) is 52.6 Å². The first kappa shape index (κ1) is 13.5. The molecule has 0 saturated carbocycles. The van der Waals surface area contributed by atoms with Gasteiger partial charge in [-0.2, -0.15) is 0 Å². The summed E-state index contributed by atoms with van der Waals surface area (Å²) >= 11 is 0. The van der Waals surface area contributed by atoms with Crippen molar-refractivity contribution in [1.29, 1.82) is 0 Å². The molecule has 2 rings (SSSR count). The van der Waals surface area contributed by atoms with Crippen molar-refractivity contribution in [2.75, 3.05) is 12.4 Å². The van der Waals surface area contributed by atoms with E-state index in [0.717, 1.165) is 17.1 Å². The SMILES string of the molecule is COc1ccc(Nc2cc(C)c(C)cc2C)c(C)c1. The number of benzene rings is 2. The van der Waals surface area contributed by atoms with Gasteiger partial charge < -0.3 is 10.1 Å². The first-order chi connectivity index (χ1) is 9.01. The van der Waals surface area contributed by atoms with Gasteiger partial charge in [0.1, 0.15) is 5.75 Å². The predicted octanol–water partition coefficient (Wildman–Crippen LogP) is 4.67.